The number of aromatic nitrogens is 2. The van der Waals surface area contributed by atoms with Gasteiger partial charge in [0.05, 0.1) is 5.52 Å². The van der Waals surface area contributed by atoms with Crippen molar-refractivity contribution in [1.29, 1.82) is 0 Å². The smallest absolute Gasteiger partial charge is 0.248 e. The van der Waals surface area contributed by atoms with Crippen LogP contribution in [0, 0.1) is 0 Å². The maximum absolute atomic E-state index is 11.2. The Hall–Kier alpha value is -2.03. The normalized spacial score (nSPS) is 11.1. The van der Waals surface area contributed by atoms with Crippen LogP contribution in [0.25, 0.3) is 21.8 Å². The van der Waals surface area contributed by atoms with Gasteiger partial charge in [-0.25, -0.2) is 0 Å². The maximum Gasteiger partial charge on any atom is 0.248 e. The first-order chi connectivity index (χ1) is 6.84. The molecule has 3 nitrogen and oxygen atoms in total. The van der Waals surface area contributed by atoms with Crippen molar-refractivity contribution < 1.29 is 0 Å². The largest absolute Gasteiger partial charge is 0.361 e. The molecule has 0 aliphatic carbocycles. The fourth-order valence-corrected chi connectivity index (χ4v) is 1.76. The van der Waals surface area contributed by atoms with E-state index in [1.807, 2.05) is 30.5 Å². The van der Waals surface area contributed by atoms with Gasteiger partial charge in [0.1, 0.15) is 0 Å². The van der Waals surface area contributed by atoms with Crippen LogP contribution < -0.4 is 5.56 Å². The number of hydrogen-bond acceptors (Lipinski definition) is 1. The highest BCUT2D eigenvalue weighted by molar-refractivity contribution is 6.03. The van der Waals surface area contributed by atoms with Gasteiger partial charge in [-0.15, -0.1) is 0 Å². The van der Waals surface area contributed by atoms with Crippen LogP contribution in [-0.4, -0.2) is 9.97 Å². The summed E-state index contributed by atoms with van der Waals surface area (Å²) >= 11 is 0. The molecule has 0 spiro atoms. The van der Waals surface area contributed by atoms with Gasteiger partial charge in [-0.2, -0.15) is 0 Å². The van der Waals surface area contributed by atoms with Gasteiger partial charge < -0.3 is 9.97 Å². The van der Waals surface area contributed by atoms with E-state index in [0.29, 0.717) is 0 Å². The standard InChI is InChI=1S/C11H8N2O/c14-10-4-2-7-1-3-9-8(5-6-12-9)11(7)13-10/h1-6,12H,(H,13,14). The number of pyridine rings is 1. The predicted octanol–water partition coefficient (Wildman–Crippen LogP) is 2.01. The average Bonchev–Trinajstić information content (AvgIpc) is 2.65. The van der Waals surface area contributed by atoms with E-state index in [1.54, 1.807) is 6.07 Å². The van der Waals surface area contributed by atoms with Gasteiger partial charge in [0.15, 0.2) is 0 Å². The van der Waals surface area contributed by atoms with Gasteiger partial charge in [0, 0.05) is 23.2 Å². The van der Waals surface area contributed by atoms with E-state index < -0.39 is 0 Å². The van der Waals surface area contributed by atoms with E-state index in [1.165, 1.54) is 0 Å². The molecule has 0 unspecified atom stereocenters. The first-order valence-corrected chi connectivity index (χ1v) is 4.44. The summed E-state index contributed by atoms with van der Waals surface area (Å²) in [5.74, 6) is 0. The van der Waals surface area contributed by atoms with E-state index in [9.17, 15) is 4.79 Å². The molecule has 0 saturated carbocycles. The van der Waals surface area contributed by atoms with Gasteiger partial charge in [0.25, 0.3) is 0 Å². The first kappa shape index (κ1) is 7.38. The monoisotopic (exact) mass is 184 g/mol. The van der Waals surface area contributed by atoms with Gasteiger partial charge in [0.2, 0.25) is 5.56 Å². The third kappa shape index (κ3) is 0.893. The Balaban J connectivity index is 2.66. The van der Waals surface area contributed by atoms with Crippen molar-refractivity contribution in [2.75, 3.05) is 0 Å². The number of H-pyrrole nitrogens is 2. The second-order valence-electron chi connectivity index (χ2n) is 3.29. The minimum absolute atomic E-state index is 0.0637. The molecule has 2 N–H and O–H groups in total. The van der Waals surface area contributed by atoms with Crippen molar-refractivity contribution in [3.63, 3.8) is 0 Å². The number of benzene rings is 1. The highest BCUT2D eigenvalue weighted by Crippen LogP contribution is 2.20. The summed E-state index contributed by atoms with van der Waals surface area (Å²) < 4.78 is 0. The lowest BCUT2D eigenvalue weighted by atomic mass is 10.1. The van der Waals surface area contributed by atoms with Gasteiger partial charge in [-0.1, -0.05) is 6.07 Å². The molecule has 0 amide bonds. The van der Waals surface area contributed by atoms with E-state index in [-0.39, 0.29) is 5.56 Å². The van der Waals surface area contributed by atoms with Crippen LogP contribution in [-0.2, 0) is 0 Å². The Morgan fingerprint density at radius 2 is 1.86 bits per heavy atom. The number of nitrogens with one attached hydrogen (secondary N) is 2. The first-order valence-electron chi connectivity index (χ1n) is 4.44. The van der Waals surface area contributed by atoms with Crippen molar-refractivity contribution in [3.8, 4) is 0 Å². The van der Waals surface area contributed by atoms with Crippen molar-refractivity contribution in [1.82, 2.24) is 9.97 Å². The molecule has 3 rings (SSSR count). The Labute approximate surface area is 79.4 Å². The zero-order valence-electron chi connectivity index (χ0n) is 7.37. The minimum Gasteiger partial charge on any atom is -0.361 e. The Morgan fingerprint density at radius 1 is 1.00 bits per heavy atom. The molecule has 68 valence electrons. The Morgan fingerprint density at radius 3 is 2.79 bits per heavy atom. The molecule has 0 atom stereocenters. The van der Waals surface area contributed by atoms with Gasteiger partial charge in [-0.05, 0) is 23.6 Å². The summed E-state index contributed by atoms with van der Waals surface area (Å²) in [5, 5.41) is 2.11. The average molecular weight is 184 g/mol. The molecule has 0 aliphatic rings. The summed E-state index contributed by atoms with van der Waals surface area (Å²) in [7, 11) is 0. The summed E-state index contributed by atoms with van der Waals surface area (Å²) in [4.78, 5) is 17.1. The van der Waals surface area contributed by atoms with E-state index >= 15 is 0 Å². The van der Waals surface area contributed by atoms with E-state index in [2.05, 4.69) is 9.97 Å². The van der Waals surface area contributed by atoms with Crippen LogP contribution in [0.4, 0.5) is 0 Å². The highest BCUT2D eigenvalue weighted by atomic mass is 16.1. The fourth-order valence-electron chi connectivity index (χ4n) is 1.76. The van der Waals surface area contributed by atoms with Crippen molar-refractivity contribution in [2.45, 2.75) is 0 Å². The van der Waals surface area contributed by atoms with Crippen LogP contribution >= 0.6 is 0 Å². The van der Waals surface area contributed by atoms with Gasteiger partial charge in [-0.3, -0.25) is 4.79 Å². The quantitative estimate of drug-likeness (QED) is 0.551. The molecule has 3 aromatic rings. The number of hydrogen-bond donors (Lipinski definition) is 2. The molecular weight excluding hydrogens is 176 g/mol. The molecule has 2 aromatic heterocycles. The number of aromatic amines is 2. The SMILES string of the molecule is O=c1ccc2ccc3[nH]ccc3c2[nH]1. The van der Waals surface area contributed by atoms with Crippen LogP contribution in [0.5, 0.6) is 0 Å². The molecule has 0 aliphatic heterocycles. The van der Waals surface area contributed by atoms with Crippen LogP contribution in [0.1, 0.15) is 0 Å². The second kappa shape index (κ2) is 2.48. The van der Waals surface area contributed by atoms with Crippen molar-refractivity contribution in [3.05, 3.63) is 46.9 Å². The third-order valence-corrected chi connectivity index (χ3v) is 2.43. The number of fused-ring (bicyclic) bond motifs is 3. The molecule has 0 bridgehead atoms. The Bertz CT molecular complexity index is 663. The molecule has 3 heteroatoms. The minimum atomic E-state index is -0.0637. The van der Waals surface area contributed by atoms with Crippen LogP contribution in [0.2, 0.25) is 0 Å². The summed E-state index contributed by atoms with van der Waals surface area (Å²) in [6, 6.07) is 9.34. The lowest BCUT2D eigenvalue weighted by Gasteiger charge is -1.97. The highest BCUT2D eigenvalue weighted by Gasteiger charge is 2.00. The second-order valence-corrected chi connectivity index (χ2v) is 3.29. The molecular formula is C11H8N2O. The third-order valence-electron chi connectivity index (χ3n) is 2.43. The lowest BCUT2D eigenvalue weighted by Crippen LogP contribution is -2.02. The Kier molecular flexibility index (Phi) is 1.31. The summed E-state index contributed by atoms with van der Waals surface area (Å²) in [6.07, 6.45) is 1.87. The molecule has 0 fully saturated rings. The lowest BCUT2D eigenvalue weighted by molar-refractivity contribution is 1.32. The maximum atomic E-state index is 11.2. The van der Waals surface area contributed by atoms with Crippen molar-refractivity contribution in [2.24, 2.45) is 0 Å². The summed E-state index contributed by atoms with van der Waals surface area (Å²) in [6.45, 7) is 0. The van der Waals surface area contributed by atoms with E-state index in [0.717, 1.165) is 21.8 Å². The zero-order valence-corrected chi connectivity index (χ0v) is 7.37. The molecule has 1 aromatic carbocycles. The molecule has 0 saturated heterocycles. The fraction of sp³-hybridized carbons (Fsp3) is 0. The van der Waals surface area contributed by atoms with E-state index in [4.69, 9.17) is 0 Å². The van der Waals surface area contributed by atoms with Crippen LogP contribution in [0.15, 0.2) is 41.3 Å². The van der Waals surface area contributed by atoms with Gasteiger partial charge >= 0.3 is 0 Å². The molecule has 2 heterocycles. The molecule has 0 radical (unpaired) electrons. The predicted molar refractivity (Wildman–Crippen MR) is 56.4 cm³/mol. The van der Waals surface area contributed by atoms with Crippen molar-refractivity contribution >= 4 is 21.8 Å². The molecule has 14 heavy (non-hydrogen) atoms. The zero-order chi connectivity index (χ0) is 9.54. The summed E-state index contributed by atoms with van der Waals surface area (Å²) in [5.41, 5.74) is 1.88. The van der Waals surface area contributed by atoms with Crippen LogP contribution in [0.3, 0.4) is 0 Å². The topological polar surface area (TPSA) is 48.6 Å². The number of rotatable bonds is 0.